The van der Waals surface area contributed by atoms with E-state index < -0.39 is 0 Å². The second-order valence-electron chi connectivity index (χ2n) is 14.3. The molecule has 216 valence electrons. The molecule has 0 spiro atoms. The van der Waals surface area contributed by atoms with Gasteiger partial charge in [0.25, 0.3) is 0 Å². The van der Waals surface area contributed by atoms with E-state index in [4.69, 9.17) is 27.9 Å². The number of hydrogen-bond donors (Lipinski definition) is 0. The standard InChI is InChI=1S/C42H28Cl2O/c43-29-17-27-28(18-30(29)44)42-40-38-34-25-15-7-3-11-21(25)32(22-12-4-8-16-26(22)34)36(38)35-31-19-9-1-5-13-23(19)33(24-14-6-2-10-20(24)31)37(35)39(40)41(27)45-42/h1-18,31-34,37-42H/t31?,32?,33?,34?,37-,38+,39+,40-,41-,42-/m1/s1. The van der Waals surface area contributed by atoms with Crippen LogP contribution in [0, 0.1) is 23.7 Å². The molecule has 0 aromatic heterocycles. The van der Waals surface area contributed by atoms with Crippen molar-refractivity contribution in [1.82, 2.24) is 0 Å². The van der Waals surface area contributed by atoms with Crippen LogP contribution in [0.1, 0.15) is 91.5 Å². The molecule has 1 nitrogen and oxygen atoms in total. The molecule has 9 aliphatic rings. The van der Waals surface area contributed by atoms with Crippen LogP contribution in [0.25, 0.3) is 0 Å². The second-order valence-corrected chi connectivity index (χ2v) is 15.1. The lowest BCUT2D eigenvalue weighted by Gasteiger charge is -2.61. The summed E-state index contributed by atoms with van der Waals surface area (Å²) in [6.45, 7) is 0. The highest BCUT2D eigenvalue weighted by molar-refractivity contribution is 6.42. The molecule has 45 heavy (non-hydrogen) atoms. The molecule has 2 aliphatic heterocycles. The van der Waals surface area contributed by atoms with Gasteiger partial charge in [-0.3, -0.25) is 0 Å². The topological polar surface area (TPSA) is 9.23 Å². The maximum absolute atomic E-state index is 7.22. The number of allylic oxidation sites excluding steroid dienone is 2. The number of rotatable bonds is 0. The van der Waals surface area contributed by atoms with Gasteiger partial charge in [-0.2, -0.15) is 0 Å². The van der Waals surface area contributed by atoms with Crippen LogP contribution in [-0.4, -0.2) is 0 Å². The Balaban J connectivity index is 1.23. The Bertz CT molecular complexity index is 1960. The molecule has 5 aromatic carbocycles. The van der Waals surface area contributed by atoms with Crippen molar-refractivity contribution >= 4 is 23.2 Å². The summed E-state index contributed by atoms with van der Waals surface area (Å²) in [6.07, 6.45) is 0.0480. The minimum absolute atomic E-state index is 0.0240. The second kappa shape index (κ2) is 8.20. The lowest BCUT2D eigenvalue weighted by atomic mass is 9.41. The van der Waals surface area contributed by atoms with Crippen molar-refractivity contribution in [2.24, 2.45) is 23.7 Å². The van der Waals surface area contributed by atoms with Crippen molar-refractivity contribution in [1.29, 1.82) is 0 Å². The zero-order valence-electron chi connectivity index (χ0n) is 24.3. The smallest absolute Gasteiger partial charge is 0.0875 e. The normalized spacial score (nSPS) is 34.3. The predicted octanol–water partition coefficient (Wildman–Crippen LogP) is 10.5. The van der Waals surface area contributed by atoms with Gasteiger partial charge in [-0.15, -0.1) is 0 Å². The highest BCUT2D eigenvalue weighted by atomic mass is 35.5. The first kappa shape index (κ1) is 24.6. The first-order valence-electron chi connectivity index (χ1n) is 16.4. The molecule has 0 radical (unpaired) electrons. The van der Waals surface area contributed by atoms with Gasteiger partial charge in [-0.25, -0.2) is 0 Å². The summed E-state index contributed by atoms with van der Waals surface area (Å²) >= 11 is 13.4. The fourth-order valence-electron chi connectivity index (χ4n) is 11.9. The van der Waals surface area contributed by atoms with Crippen LogP contribution in [0.2, 0.25) is 10.0 Å². The zero-order chi connectivity index (χ0) is 29.3. The average molecular weight is 620 g/mol. The lowest BCUT2D eigenvalue weighted by molar-refractivity contribution is 0.0469. The third-order valence-electron chi connectivity index (χ3n) is 13.0. The molecule has 3 heteroatoms. The van der Waals surface area contributed by atoms with E-state index in [2.05, 4.69) is 109 Å². The molecule has 6 atom stereocenters. The number of fused-ring (bicyclic) bond motifs is 8. The molecule has 1 saturated heterocycles. The summed E-state index contributed by atoms with van der Waals surface area (Å²) in [5.41, 5.74) is 18.1. The van der Waals surface area contributed by atoms with Crippen molar-refractivity contribution in [3.63, 3.8) is 0 Å². The van der Waals surface area contributed by atoms with Crippen molar-refractivity contribution in [3.05, 3.63) is 186 Å². The van der Waals surface area contributed by atoms with Gasteiger partial charge in [0.15, 0.2) is 0 Å². The van der Waals surface area contributed by atoms with Crippen LogP contribution >= 0.6 is 23.2 Å². The largest absolute Gasteiger partial charge is 0.365 e. The quantitative estimate of drug-likeness (QED) is 0.157. The van der Waals surface area contributed by atoms with Crippen LogP contribution in [0.5, 0.6) is 0 Å². The van der Waals surface area contributed by atoms with Gasteiger partial charge >= 0.3 is 0 Å². The highest BCUT2D eigenvalue weighted by Gasteiger charge is 2.68. The Hall–Kier alpha value is -3.62. The van der Waals surface area contributed by atoms with Crippen LogP contribution in [0.4, 0.5) is 0 Å². The number of halogens is 2. The molecular weight excluding hydrogens is 591 g/mol. The average Bonchev–Trinajstić information content (AvgIpc) is 3.65. The molecular formula is C42H28Cl2O. The van der Waals surface area contributed by atoms with Crippen LogP contribution in [0.3, 0.4) is 0 Å². The van der Waals surface area contributed by atoms with Crippen LogP contribution in [-0.2, 0) is 4.74 Å². The summed E-state index contributed by atoms with van der Waals surface area (Å²) in [4.78, 5) is 0. The number of benzene rings is 5. The third-order valence-corrected chi connectivity index (χ3v) is 13.7. The van der Waals surface area contributed by atoms with E-state index in [1.807, 2.05) is 0 Å². The van der Waals surface area contributed by atoms with Crippen molar-refractivity contribution in [2.45, 2.75) is 35.9 Å². The Labute approximate surface area is 272 Å². The van der Waals surface area contributed by atoms with Gasteiger partial charge in [-0.05, 0) is 79.6 Å². The van der Waals surface area contributed by atoms with Gasteiger partial charge in [-0.1, -0.05) is 131 Å². The first-order valence-corrected chi connectivity index (χ1v) is 17.2. The fraction of sp³-hybridized carbons (Fsp3) is 0.238. The first-order chi connectivity index (χ1) is 22.2. The Kier molecular flexibility index (Phi) is 4.48. The molecule has 0 amide bonds. The molecule has 6 bridgehead atoms. The Morgan fingerprint density at radius 2 is 0.711 bits per heavy atom. The minimum Gasteiger partial charge on any atom is -0.365 e. The summed E-state index contributed by atoms with van der Waals surface area (Å²) in [5.74, 6) is 2.69. The highest BCUT2D eigenvalue weighted by Crippen LogP contribution is 2.77. The molecule has 0 N–H and O–H groups in total. The van der Waals surface area contributed by atoms with Gasteiger partial charge in [0, 0.05) is 35.5 Å². The summed E-state index contributed by atoms with van der Waals surface area (Å²) in [5, 5.41) is 1.27. The van der Waals surface area contributed by atoms with Gasteiger partial charge in [0.05, 0.1) is 22.3 Å². The van der Waals surface area contributed by atoms with Crippen molar-refractivity contribution in [2.75, 3.05) is 0 Å². The van der Waals surface area contributed by atoms with E-state index in [-0.39, 0.29) is 24.0 Å². The molecule has 2 heterocycles. The van der Waals surface area contributed by atoms with E-state index in [9.17, 15) is 0 Å². The number of hydrogen-bond acceptors (Lipinski definition) is 1. The molecule has 5 aromatic rings. The lowest BCUT2D eigenvalue weighted by Crippen LogP contribution is -2.52. The van der Waals surface area contributed by atoms with E-state index in [0.717, 1.165) is 0 Å². The monoisotopic (exact) mass is 618 g/mol. The maximum Gasteiger partial charge on any atom is 0.0875 e. The van der Waals surface area contributed by atoms with Gasteiger partial charge in [0.2, 0.25) is 0 Å². The van der Waals surface area contributed by atoms with E-state index in [1.165, 1.54) is 55.6 Å². The molecule has 1 fully saturated rings. The summed E-state index contributed by atoms with van der Waals surface area (Å²) in [7, 11) is 0. The summed E-state index contributed by atoms with van der Waals surface area (Å²) in [6, 6.07) is 41.6. The SMILES string of the molecule is Clc1cc2c(cc1Cl)[C@H]1O[C@H]2[C@H]2[C@@H]1[C@H]1C(=C3C4c5ccccc5C(c5ccccc54)[C@@H]32)C2c3ccccc3C1c1ccccc12. The zero-order valence-corrected chi connectivity index (χ0v) is 25.8. The Morgan fingerprint density at radius 3 is 1.04 bits per heavy atom. The summed E-state index contributed by atoms with van der Waals surface area (Å²) < 4.78 is 7.22. The van der Waals surface area contributed by atoms with E-state index >= 15 is 0 Å². The van der Waals surface area contributed by atoms with Gasteiger partial charge in [0.1, 0.15) is 0 Å². The van der Waals surface area contributed by atoms with Crippen LogP contribution < -0.4 is 0 Å². The van der Waals surface area contributed by atoms with Crippen LogP contribution in [0.15, 0.2) is 120 Å². The molecule has 14 rings (SSSR count). The van der Waals surface area contributed by atoms with E-state index in [1.54, 1.807) is 11.1 Å². The van der Waals surface area contributed by atoms with E-state index in [0.29, 0.717) is 45.6 Å². The molecule has 0 unspecified atom stereocenters. The maximum atomic E-state index is 7.22. The third kappa shape index (κ3) is 2.70. The van der Waals surface area contributed by atoms with Gasteiger partial charge < -0.3 is 4.74 Å². The van der Waals surface area contributed by atoms with Crippen molar-refractivity contribution < 1.29 is 4.74 Å². The minimum atomic E-state index is 0.0240. The fourth-order valence-corrected chi connectivity index (χ4v) is 12.2. The predicted molar refractivity (Wildman–Crippen MR) is 177 cm³/mol. The molecule has 0 saturated carbocycles. The Morgan fingerprint density at radius 1 is 0.400 bits per heavy atom. The van der Waals surface area contributed by atoms with Crippen molar-refractivity contribution in [3.8, 4) is 0 Å². The molecule has 7 aliphatic carbocycles. The number of ether oxygens (including phenoxy) is 1.